The summed E-state index contributed by atoms with van der Waals surface area (Å²) in [6, 6.07) is 0. The van der Waals surface area contributed by atoms with E-state index < -0.39 is 0 Å². The number of hydrogen-bond acceptors (Lipinski definition) is 4. The fourth-order valence-electron chi connectivity index (χ4n) is 0.895. The summed E-state index contributed by atoms with van der Waals surface area (Å²) in [5.41, 5.74) is 0.171. The van der Waals surface area contributed by atoms with E-state index in [9.17, 15) is 9.70 Å². The van der Waals surface area contributed by atoms with E-state index in [0.29, 0.717) is 19.8 Å². The Labute approximate surface area is 90.5 Å². The van der Waals surface area contributed by atoms with E-state index in [2.05, 4.69) is 31.3 Å². The van der Waals surface area contributed by atoms with E-state index in [-0.39, 0.29) is 17.9 Å². The average molecular weight is 216 g/mol. The number of nitroso groups, excluding NO2 is 1. The Morgan fingerprint density at radius 1 is 1.40 bits per heavy atom. The summed E-state index contributed by atoms with van der Waals surface area (Å²) in [5, 5.41) is 5.06. The Morgan fingerprint density at radius 3 is 2.60 bits per heavy atom. The quantitative estimate of drug-likeness (QED) is 0.515. The van der Waals surface area contributed by atoms with Crippen molar-refractivity contribution in [3.8, 4) is 0 Å². The topological polar surface area (TPSA) is 67.8 Å². The number of ether oxygens (including phenoxy) is 1. The maximum absolute atomic E-state index is 10.8. The maximum Gasteiger partial charge on any atom is 0.245 e. The highest BCUT2D eigenvalue weighted by Gasteiger charge is 2.09. The molecule has 0 rings (SSSR count). The molecule has 0 aliphatic rings. The molecule has 0 aliphatic carbocycles. The molecule has 0 aliphatic heterocycles. The van der Waals surface area contributed by atoms with Crippen molar-refractivity contribution in [2.45, 2.75) is 27.2 Å². The molecule has 0 fully saturated rings. The molecule has 0 aromatic heterocycles. The van der Waals surface area contributed by atoms with Crippen LogP contribution in [0.5, 0.6) is 0 Å². The van der Waals surface area contributed by atoms with Crippen LogP contribution in [0.25, 0.3) is 0 Å². The third kappa shape index (κ3) is 11.0. The van der Waals surface area contributed by atoms with Crippen molar-refractivity contribution in [1.29, 1.82) is 0 Å². The lowest BCUT2D eigenvalue weighted by molar-refractivity contribution is -0.119. The van der Waals surface area contributed by atoms with Crippen LogP contribution in [-0.4, -0.2) is 32.2 Å². The van der Waals surface area contributed by atoms with Crippen molar-refractivity contribution in [1.82, 2.24) is 5.32 Å². The number of amides is 1. The van der Waals surface area contributed by atoms with Crippen LogP contribution in [-0.2, 0) is 9.53 Å². The van der Waals surface area contributed by atoms with Gasteiger partial charge in [-0.15, -0.1) is 0 Å². The van der Waals surface area contributed by atoms with Crippen LogP contribution in [0.2, 0.25) is 0 Å². The van der Waals surface area contributed by atoms with Gasteiger partial charge in [-0.2, -0.15) is 4.91 Å². The largest absolute Gasteiger partial charge is 0.381 e. The average Bonchev–Trinajstić information content (AvgIpc) is 2.09. The number of rotatable bonds is 7. The first kappa shape index (κ1) is 14.0. The minimum absolute atomic E-state index is 0.171. The number of carbonyl (C=O) groups is 1. The van der Waals surface area contributed by atoms with Crippen molar-refractivity contribution in [2.24, 2.45) is 10.6 Å². The van der Waals surface area contributed by atoms with Crippen LogP contribution in [0.15, 0.2) is 5.18 Å². The second-order valence-corrected chi connectivity index (χ2v) is 4.60. The molecule has 0 unspecified atom stereocenters. The molecular formula is C10H20N2O3. The molecule has 0 bridgehead atoms. The zero-order valence-corrected chi connectivity index (χ0v) is 9.71. The van der Waals surface area contributed by atoms with Crippen LogP contribution >= 0.6 is 0 Å². The van der Waals surface area contributed by atoms with Gasteiger partial charge in [-0.05, 0) is 11.8 Å². The number of hydrogen-bond donors (Lipinski definition) is 1. The van der Waals surface area contributed by atoms with Gasteiger partial charge in [-0.25, -0.2) is 0 Å². The maximum atomic E-state index is 10.8. The van der Waals surface area contributed by atoms with E-state index in [1.807, 2.05) is 0 Å². The third-order valence-corrected chi connectivity index (χ3v) is 1.53. The van der Waals surface area contributed by atoms with Crippen molar-refractivity contribution >= 4 is 5.91 Å². The first-order chi connectivity index (χ1) is 6.95. The zero-order valence-electron chi connectivity index (χ0n) is 9.71. The highest BCUT2D eigenvalue weighted by atomic mass is 16.5. The molecule has 1 N–H and O–H groups in total. The van der Waals surface area contributed by atoms with Gasteiger partial charge < -0.3 is 10.1 Å². The Balaban J connectivity index is 3.25. The molecule has 5 heteroatoms. The monoisotopic (exact) mass is 216 g/mol. The Morgan fingerprint density at radius 2 is 2.07 bits per heavy atom. The summed E-state index contributed by atoms with van der Waals surface area (Å²) in [6.07, 6.45) is 0.751. The molecule has 0 radical (unpaired) electrons. The fourth-order valence-corrected chi connectivity index (χ4v) is 0.895. The molecule has 0 aromatic rings. The first-order valence-corrected chi connectivity index (χ1v) is 5.09. The Hall–Kier alpha value is -0.970. The smallest absolute Gasteiger partial charge is 0.245 e. The van der Waals surface area contributed by atoms with Crippen molar-refractivity contribution < 1.29 is 9.53 Å². The zero-order chi connectivity index (χ0) is 11.7. The molecule has 1 amide bonds. The fraction of sp³-hybridized carbons (Fsp3) is 0.900. The van der Waals surface area contributed by atoms with E-state index in [0.717, 1.165) is 6.42 Å². The predicted molar refractivity (Wildman–Crippen MR) is 58.6 cm³/mol. The van der Waals surface area contributed by atoms with Crippen LogP contribution in [0.3, 0.4) is 0 Å². The number of nitrogens with one attached hydrogen (secondary N) is 1. The summed E-state index contributed by atoms with van der Waals surface area (Å²) < 4.78 is 5.40. The third-order valence-electron chi connectivity index (χ3n) is 1.53. The molecule has 0 spiro atoms. The lowest BCUT2D eigenvalue weighted by atomic mass is 9.99. The first-order valence-electron chi connectivity index (χ1n) is 5.09. The summed E-state index contributed by atoms with van der Waals surface area (Å²) in [5.74, 6) is -0.333. The molecule has 88 valence electrons. The lowest BCUT2D eigenvalue weighted by Gasteiger charge is -2.17. The molecule has 0 aromatic carbocycles. The van der Waals surface area contributed by atoms with Gasteiger partial charge in [0.15, 0.2) is 6.54 Å². The van der Waals surface area contributed by atoms with Gasteiger partial charge in [0.2, 0.25) is 5.91 Å². The van der Waals surface area contributed by atoms with Crippen LogP contribution in [0.1, 0.15) is 27.2 Å². The van der Waals surface area contributed by atoms with Crippen molar-refractivity contribution in [3.05, 3.63) is 4.91 Å². The Bertz CT molecular complexity index is 199. The van der Waals surface area contributed by atoms with Gasteiger partial charge in [-0.1, -0.05) is 25.9 Å². The highest BCUT2D eigenvalue weighted by Crippen LogP contribution is 2.12. The van der Waals surface area contributed by atoms with Crippen LogP contribution in [0, 0.1) is 10.3 Å². The van der Waals surface area contributed by atoms with Gasteiger partial charge in [0.05, 0.1) is 6.61 Å². The van der Waals surface area contributed by atoms with E-state index in [1.165, 1.54) is 0 Å². The van der Waals surface area contributed by atoms with Gasteiger partial charge in [0, 0.05) is 13.2 Å². The summed E-state index contributed by atoms with van der Waals surface area (Å²) >= 11 is 0. The summed E-state index contributed by atoms with van der Waals surface area (Å²) in [4.78, 5) is 20.5. The number of nitrogens with zero attached hydrogens (tertiary/aromatic N) is 1. The van der Waals surface area contributed by atoms with Gasteiger partial charge in [0.1, 0.15) is 0 Å². The van der Waals surface area contributed by atoms with E-state index in [4.69, 9.17) is 4.74 Å². The predicted octanol–water partition coefficient (Wildman–Crippen LogP) is 1.32. The molecule has 0 atom stereocenters. The number of carbonyl (C=O) groups excluding carboxylic acids is 1. The van der Waals surface area contributed by atoms with Gasteiger partial charge in [-0.3, -0.25) is 4.79 Å². The van der Waals surface area contributed by atoms with Crippen LogP contribution in [0.4, 0.5) is 0 Å². The lowest BCUT2D eigenvalue weighted by Crippen LogP contribution is -2.27. The van der Waals surface area contributed by atoms with Gasteiger partial charge >= 0.3 is 0 Å². The summed E-state index contributed by atoms with van der Waals surface area (Å²) in [7, 11) is 0. The minimum Gasteiger partial charge on any atom is -0.381 e. The molecule has 15 heavy (non-hydrogen) atoms. The molecular weight excluding hydrogens is 196 g/mol. The normalized spacial score (nSPS) is 11.1. The second-order valence-electron chi connectivity index (χ2n) is 4.60. The van der Waals surface area contributed by atoms with Gasteiger partial charge in [0.25, 0.3) is 0 Å². The van der Waals surface area contributed by atoms with Crippen LogP contribution < -0.4 is 5.32 Å². The van der Waals surface area contributed by atoms with E-state index >= 15 is 0 Å². The minimum atomic E-state index is -0.333. The molecule has 0 saturated carbocycles. The second kappa shape index (κ2) is 7.34. The highest BCUT2D eigenvalue weighted by molar-refractivity contribution is 5.77. The van der Waals surface area contributed by atoms with E-state index in [1.54, 1.807) is 0 Å². The standard InChI is InChI=1S/C10H20N2O3/c1-10(2,3)8-15-6-4-5-11-9(13)7-12-14/h4-8H2,1-3H3,(H,11,13). The molecule has 5 nitrogen and oxygen atoms in total. The SMILES string of the molecule is CC(C)(C)COCCCNC(=O)CN=O. The van der Waals surface area contributed by atoms with Crippen molar-refractivity contribution in [2.75, 3.05) is 26.3 Å². The molecule has 0 heterocycles. The molecule has 0 saturated heterocycles. The summed E-state index contributed by atoms with van der Waals surface area (Å²) in [6.45, 7) is 7.85. The van der Waals surface area contributed by atoms with Crippen molar-refractivity contribution in [3.63, 3.8) is 0 Å². The Kier molecular flexibility index (Phi) is 6.86.